The molecule has 0 saturated carbocycles. The van der Waals surface area contributed by atoms with Crippen LogP contribution < -0.4 is 5.32 Å². The summed E-state index contributed by atoms with van der Waals surface area (Å²) in [6.45, 7) is 2.04. The van der Waals surface area contributed by atoms with Gasteiger partial charge in [0.1, 0.15) is 18.2 Å². The summed E-state index contributed by atoms with van der Waals surface area (Å²) in [7, 11) is 0. The van der Waals surface area contributed by atoms with Gasteiger partial charge < -0.3 is 10.2 Å². The Morgan fingerprint density at radius 1 is 1.25 bits per heavy atom. The number of carbonyl (C=O) groups excluding carboxylic acids is 2. The van der Waals surface area contributed by atoms with E-state index in [2.05, 4.69) is 15.3 Å². The summed E-state index contributed by atoms with van der Waals surface area (Å²) < 4.78 is 1.91. The van der Waals surface area contributed by atoms with Crippen LogP contribution in [0.4, 0.5) is 5.69 Å². The molecule has 2 aromatic heterocycles. The Balaban J connectivity index is 1.34. The highest BCUT2D eigenvalue weighted by Gasteiger charge is 2.52. The Bertz CT molecular complexity index is 1080. The summed E-state index contributed by atoms with van der Waals surface area (Å²) in [5.74, 6) is 1.26. The number of rotatable bonds is 3. The Hall–Kier alpha value is -2.87. The number of hydrogen-bond acceptors (Lipinski definition) is 5. The van der Waals surface area contributed by atoms with Gasteiger partial charge in [-0.25, -0.2) is 9.97 Å². The lowest BCUT2D eigenvalue weighted by molar-refractivity contribution is -0.135. The first-order chi connectivity index (χ1) is 13.5. The van der Waals surface area contributed by atoms with E-state index in [1.165, 1.54) is 0 Å². The minimum atomic E-state index is -0.428. The van der Waals surface area contributed by atoms with Crippen LogP contribution in [0, 0.1) is 0 Å². The molecule has 0 aliphatic carbocycles. The van der Waals surface area contributed by atoms with E-state index >= 15 is 0 Å². The van der Waals surface area contributed by atoms with Gasteiger partial charge in [0, 0.05) is 12.2 Å². The van der Waals surface area contributed by atoms with Crippen molar-refractivity contribution in [2.24, 2.45) is 0 Å². The van der Waals surface area contributed by atoms with Crippen LogP contribution in [0.1, 0.15) is 19.8 Å². The third kappa shape index (κ3) is 2.67. The number of benzene rings is 1. The Morgan fingerprint density at radius 3 is 2.93 bits per heavy atom. The zero-order valence-corrected chi connectivity index (χ0v) is 16.1. The number of aromatic nitrogens is 3. The van der Waals surface area contributed by atoms with E-state index in [4.69, 9.17) is 0 Å². The highest BCUT2D eigenvalue weighted by molar-refractivity contribution is 8.01. The SMILES string of the molecule is CC12CCC(=O)N1C(C(=O)Nc1ccc(-n3cnc4ccccc43)nc1)CS2. The summed E-state index contributed by atoms with van der Waals surface area (Å²) in [5, 5.41) is 2.91. The number of nitrogens with one attached hydrogen (secondary N) is 1. The molecule has 7 nitrogen and oxygen atoms in total. The van der Waals surface area contributed by atoms with Crippen LogP contribution in [-0.2, 0) is 9.59 Å². The average molecular weight is 393 g/mol. The van der Waals surface area contributed by atoms with E-state index in [1.54, 1.807) is 29.2 Å². The zero-order valence-electron chi connectivity index (χ0n) is 15.3. The summed E-state index contributed by atoms with van der Waals surface area (Å²) in [6, 6.07) is 11.1. The third-order valence-corrected chi connectivity index (χ3v) is 6.97. The molecule has 2 aliphatic heterocycles. The normalized spacial score (nSPS) is 24.0. The second kappa shape index (κ2) is 6.34. The van der Waals surface area contributed by atoms with Crippen molar-refractivity contribution in [3.8, 4) is 5.82 Å². The van der Waals surface area contributed by atoms with Crippen molar-refractivity contribution in [1.29, 1.82) is 0 Å². The Morgan fingerprint density at radius 2 is 2.11 bits per heavy atom. The molecule has 142 valence electrons. The number of hydrogen-bond donors (Lipinski definition) is 1. The smallest absolute Gasteiger partial charge is 0.248 e. The van der Waals surface area contributed by atoms with Gasteiger partial charge in [-0.15, -0.1) is 11.8 Å². The van der Waals surface area contributed by atoms with Crippen molar-refractivity contribution >= 4 is 40.3 Å². The molecule has 0 spiro atoms. The lowest BCUT2D eigenvalue weighted by atomic mass is 10.2. The molecule has 28 heavy (non-hydrogen) atoms. The number of nitrogens with zero attached hydrogens (tertiary/aromatic N) is 4. The van der Waals surface area contributed by atoms with Crippen molar-refractivity contribution in [3.63, 3.8) is 0 Å². The van der Waals surface area contributed by atoms with Gasteiger partial charge in [0.2, 0.25) is 11.8 Å². The quantitative estimate of drug-likeness (QED) is 0.740. The minimum Gasteiger partial charge on any atom is -0.323 e. The monoisotopic (exact) mass is 393 g/mol. The predicted molar refractivity (Wildman–Crippen MR) is 108 cm³/mol. The minimum absolute atomic E-state index is 0.0631. The molecule has 0 radical (unpaired) electrons. The van der Waals surface area contributed by atoms with Crippen LogP contribution in [0.2, 0.25) is 0 Å². The fourth-order valence-electron chi connectivity index (χ4n) is 3.98. The van der Waals surface area contributed by atoms with E-state index in [1.807, 2.05) is 47.9 Å². The molecule has 3 aromatic rings. The lowest BCUT2D eigenvalue weighted by Crippen LogP contribution is -2.48. The number of imidazole rings is 1. The molecule has 2 fully saturated rings. The highest BCUT2D eigenvalue weighted by Crippen LogP contribution is 2.47. The predicted octanol–water partition coefficient (Wildman–Crippen LogP) is 2.81. The van der Waals surface area contributed by atoms with Gasteiger partial charge in [-0.05, 0) is 37.6 Å². The summed E-state index contributed by atoms with van der Waals surface area (Å²) >= 11 is 1.69. The molecule has 2 atom stereocenters. The zero-order chi connectivity index (χ0) is 19.3. The number of carbonyl (C=O) groups is 2. The maximum absolute atomic E-state index is 12.8. The number of amides is 2. The standard InChI is InChI=1S/C20H19N5O2S/c1-20-9-8-18(26)25(20)16(11-28-20)19(27)23-13-6-7-17(21-10-13)24-12-22-14-4-2-3-5-15(14)24/h2-7,10,12,16H,8-9,11H2,1H3,(H,23,27). The molecule has 1 N–H and O–H groups in total. The van der Waals surface area contributed by atoms with Crippen LogP contribution in [0.15, 0.2) is 48.9 Å². The Kier molecular flexibility index (Phi) is 3.90. The maximum Gasteiger partial charge on any atom is 0.248 e. The van der Waals surface area contributed by atoms with Crippen LogP contribution in [0.5, 0.6) is 0 Å². The molecule has 5 rings (SSSR count). The first-order valence-corrected chi connectivity index (χ1v) is 10.2. The maximum atomic E-state index is 12.8. The van der Waals surface area contributed by atoms with Gasteiger partial charge in [0.25, 0.3) is 0 Å². The van der Waals surface area contributed by atoms with E-state index in [0.29, 0.717) is 17.9 Å². The highest BCUT2D eigenvalue weighted by atomic mass is 32.2. The first-order valence-electron chi connectivity index (χ1n) is 9.21. The van der Waals surface area contributed by atoms with Crippen molar-refractivity contribution < 1.29 is 9.59 Å². The van der Waals surface area contributed by atoms with Crippen LogP contribution in [-0.4, -0.2) is 47.9 Å². The molecular weight excluding hydrogens is 374 g/mol. The third-order valence-electron chi connectivity index (χ3n) is 5.46. The Labute approximate surface area is 166 Å². The molecule has 2 saturated heterocycles. The molecule has 4 heterocycles. The van der Waals surface area contributed by atoms with E-state index in [9.17, 15) is 9.59 Å². The summed E-state index contributed by atoms with van der Waals surface area (Å²) in [5.41, 5.74) is 2.49. The largest absolute Gasteiger partial charge is 0.323 e. The number of fused-ring (bicyclic) bond motifs is 2. The number of anilines is 1. The van der Waals surface area contributed by atoms with Crippen molar-refractivity contribution in [2.45, 2.75) is 30.7 Å². The molecule has 1 aromatic carbocycles. The average Bonchev–Trinajstić information content (AvgIpc) is 3.36. The van der Waals surface area contributed by atoms with Crippen LogP contribution in [0.25, 0.3) is 16.9 Å². The van der Waals surface area contributed by atoms with Crippen molar-refractivity contribution in [3.05, 3.63) is 48.9 Å². The molecule has 2 amide bonds. The van der Waals surface area contributed by atoms with Crippen LogP contribution in [0.3, 0.4) is 0 Å². The van der Waals surface area contributed by atoms with E-state index < -0.39 is 6.04 Å². The van der Waals surface area contributed by atoms with Gasteiger partial charge in [0.05, 0.1) is 27.8 Å². The van der Waals surface area contributed by atoms with Gasteiger partial charge in [-0.1, -0.05) is 12.1 Å². The van der Waals surface area contributed by atoms with E-state index in [0.717, 1.165) is 23.3 Å². The second-order valence-corrected chi connectivity index (χ2v) is 8.76. The number of thioether (sulfide) groups is 1. The second-order valence-electron chi connectivity index (χ2n) is 7.26. The number of pyridine rings is 1. The molecule has 8 heteroatoms. The molecule has 2 unspecified atom stereocenters. The van der Waals surface area contributed by atoms with Crippen LogP contribution >= 0.6 is 11.8 Å². The van der Waals surface area contributed by atoms with Crippen molar-refractivity contribution in [1.82, 2.24) is 19.4 Å². The molecule has 2 aliphatic rings. The van der Waals surface area contributed by atoms with Crippen molar-refractivity contribution in [2.75, 3.05) is 11.1 Å². The first kappa shape index (κ1) is 17.2. The molecule has 0 bridgehead atoms. The lowest BCUT2D eigenvalue weighted by Gasteiger charge is -2.29. The van der Waals surface area contributed by atoms with Gasteiger partial charge in [-0.2, -0.15) is 0 Å². The fraction of sp³-hybridized carbons (Fsp3) is 0.300. The summed E-state index contributed by atoms with van der Waals surface area (Å²) in [4.78, 5) is 35.3. The topological polar surface area (TPSA) is 80.1 Å². The number of para-hydroxylation sites is 2. The summed E-state index contributed by atoms with van der Waals surface area (Å²) in [6.07, 6.45) is 4.69. The van der Waals surface area contributed by atoms with Gasteiger partial charge >= 0.3 is 0 Å². The van der Waals surface area contributed by atoms with Gasteiger partial charge in [0.15, 0.2) is 0 Å². The molecular formula is C20H19N5O2S. The van der Waals surface area contributed by atoms with E-state index in [-0.39, 0.29) is 16.7 Å². The fourth-order valence-corrected chi connectivity index (χ4v) is 5.42. The van der Waals surface area contributed by atoms with Gasteiger partial charge in [-0.3, -0.25) is 14.2 Å².